The van der Waals surface area contributed by atoms with Gasteiger partial charge in [0.1, 0.15) is 0 Å². The molecule has 2 heteroatoms. The minimum atomic E-state index is -0.0739. The van der Waals surface area contributed by atoms with Gasteiger partial charge >= 0.3 is 5.97 Å². The summed E-state index contributed by atoms with van der Waals surface area (Å²) in [6.45, 7) is 9.34. The summed E-state index contributed by atoms with van der Waals surface area (Å²) in [7, 11) is 0. The van der Waals surface area contributed by atoms with E-state index in [1.54, 1.807) is 0 Å². The monoisotopic (exact) mass is 242 g/mol. The molecule has 0 fully saturated rings. The molecule has 0 aliphatic heterocycles. The maximum atomic E-state index is 10.9. The Hall–Kier alpha value is -0.530. The fourth-order valence-electron chi connectivity index (χ4n) is 1.75. The summed E-state index contributed by atoms with van der Waals surface area (Å²) in [6, 6.07) is 0. The molecule has 0 N–H and O–H groups in total. The zero-order valence-electron chi connectivity index (χ0n) is 12.2. The Bertz CT molecular complexity index is 192. The number of carbonyl (C=O) groups is 1. The van der Waals surface area contributed by atoms with Crippen LogP contribution in [0, 0.1) is 5.41 Å². The average Bonchev–Trinajstić information content (AvgIpc) is 2.25. The Morgan fingerprint density at radius 2 is 1.47 bits per heavy atom. The lowest BCUT2D eigenvalue weighted by Gasteiger charge is -2.17. The first kappa shape index (κ1) is 16.5. The predicted molar refractivity (Wildman–Crippen MR) is 73.0 cm³/mol. The molecule has 0 unspecified atom stereocenters. The van der Waals surface area contributed by atoms with Crippen molar-refractivity contribution in [3.63, 3.8) is 0 Å². The van der Waals surface area contributed by atoms with Crippen LogP contribution in [0.25, 0.3) is 0 Å². The maximum absolute atomic E-state index is 10.9. The second kappa shape index (κ2) is 9.49. The van der Waals surface area contributed by atoms with Crippen LogP contribution < -0.4 is 0 Å². The SMILES string of the molecule is CCC(=O)OCCCCCCCCC(C)(C)C. The molecule has 0 aromatic rings. The number of ether oxygens (including phenoxy) is 1. The second-order valence-corrected chi connectivity index (χ2v) is 6.01. The van der Waals surface area contributed by atoms with Gasteiger partial charge in [0.2, 0.25) is 0 Å². The van der Waals surface area contributed by atoms with Crippen LogP contribution in [0.1, 0.15) is 79.1 Å². The summed E-state index contributed by atoms with van der Waals surface area (Å²) in [5.41, 5.74) is 0.481. The van der Waals surface area contributed by atoms with Crippen molar-refractivity contribution in [1.29, 1.82) is 0 Å². The molecule has 0 bridgehead atoms. The van der Waals surface area contributed by atoms with E-state index in [4.69, 9.17) is 4.74 Å². The van der Waals surface area contributed by atoms with Crippen molar-refractivity contribution in [3.8, 4) is 0 Å². The van der Waals surface area contributed by atoms with Gasteiger partial charge in [0.15, 0.2) is 0 Å². The molecular formula is C15H30O2. The number of hydrogen-bond acceptors (Lipinski definition) is 2. The molecule has 0 aliphatic carbocycles. The van der Waals surface area contributed by atoms with Gasteiger partial charge in [-0.15, -0.1) is 0 Å². The Kier molecular flexibility index (Phi) is 9.20. The van der Waals surface area contributed by atoms with Gasteiger partial charge in [0.05, 0.1) is 6.61 Å². The van der Waals surface area contributed by atoms with E-state index in [0.717, 1.165) is 6.42 Å². The van der Waals surface area contributed by atoms with E-state index in [-0.39, 0.29) is 5.97 Å². The van der Waals surface area contributed by atoms with Crippen LogP contribution in [0.15, 0.2) is 0 Å². The fourth-order valence-corrected chi connectivity index (χ4v) is 1.75. The zero-order valence-corrected chi connectivity index (χ0v) is 12.2. The van der Waals surface area contributed by atoms with Crippen LogP contribution in [0.4, 0.5) is 0 Å². The lowest BCUT2D eigenvalue weighted by molar-refractivity contribution is -0.143. The van der Waals surface area contributed by atoms with Gasteiger partial charge in [0.25, 0.3) is 0 Å². The number of carbonyl (C=O) groups excluding carboxylic acids is 1. The summed E-state index contributed by atoms with van der Waals surface area (Å²) >= 11 is 0. The Morgan fingerprint density at radius 3 is 2.00 bits per heavy atom. The smallest absolute Gasteiger partial charge is 0.305 e. The molecule has 0 spiro atoms. The molecule has 0 heterocycles. The van der Waals surface area contributed by atoms with Crippen LogP contribution in [0.2, 0.25) is 0 Å². The fraction of sp³-hybridized carbons (Fsp3) is 0.933. The maximum Gasteiger partial charge on any atom is 0.305 e. The van der Waals surface area contributed by atoms with Gasteiger partial charge in [-0.05, 0) is 18.3 Å². The van der Waals surface area contributed by atoms with Crippen molar-refractivity contribution in [2.45, 2.75) is 79.1 Å². The third kappa shape index (κ3) is 13.4. The van der Waals surface area contributed by atoms with Crippen molar-refractivity contribution in [2.75, 3.05) is 6.61 Å². The lowest BCUT2D eigenvalue weighted by Crippen LogP contribution is -2.04. The number of esters is 1. The molecule has 0 radical (unpaired) electrons. The van der Waals surface area contributed by atoms with Crippen LogP contribution in [0.5, 0.6) is 0 Å². The Balaban J connectivity index is 3.12. The van der Waals surface area contributed by atoms with E-state index in [9.17, 15) is 4.79 Å². The van der Waals surface area contributed by atoms with Crippen molar-refractivity contribution in [3.05, 3.63) is 0 Å². The minimum Gasteiger partial charge on any atom is -0.466 e. The lowest BCUT2D eigenvalue weighted by atomic mass is 9.89. The van der Waals surface area contributed by atoms with Crippen molar-refractivity contribution < 1.29 is 9.53 Å². The van der Waals surface area contributed by atoms with E-state index in [0.29, 0.717) is 18.4 Å². The van der Waals surface area contributed by atoms with Gasteiger partial charge < -0.3 is 4.74 Å². The highest BCUT2D eigenvalue weighted by atomic mass is 16.5. The van der Waals surface area contributed by atoms with E-state index in [2.05, 4.69) is 20.8 Å². The van der Waals surface area contributed by atoms with E-state index >= 15 is 0 Å². The molecule has 102 valence electrons. The molecule has 0 saturated carbocycles. The topological polar surface area (TPSA) is 26.3 Å². The Morgan fingerprint density at radius 1 is 0.941 bits per heavy atom. The summed E-state index contributed by atoms with van der Waals surface area (Å²) in [5.74, 6) is -0.0739. The van der Waals surface area contributed by atoms with Gasteiger partial charge in [-0.1, -0.05) is 59.8 Å². The Labute approximate surface area is 107 Å². The van der Waals surface area contributed by atoms with Crippen LogP contribution in [-0.4, -0.2) is 12.6 Å². The number of unbranched alkanes of at least 4 members (excludes halogenated alkanes) is 5. The zero-order chi connectivity index (χ0) is 13.1. The first-order chi connectivity index (χ1) is 7.95. The molecule has 0 atom stereocenters. The van der Waals surface area contributed by atoms with Gasteiger partial charge in [-0.25, -0.2) is 0 Å². The average molecular weight is 242 g/mol. The molecule has 0 aromatic carbocycles. The highest BCUT2D eigenvalue weighted by Gasteiger charge is 2.08. The molecule has 0 aliphatic rings. The third-order valence-corrected chi connectivity index (χ3v) is 2.87. The van der Waals surface area contributed by atoms with Gasteiger partial charge in [-0.2, -0.15) is 0 Å². The van der Waals surface area contributed by atoms with Gasteiger partial charge in [0, 0.05) is 6.42 Å². The molecule has 0 saturated heterocycles. The van der Waals surface area contributed by atoms with Crippen molar-refractivity contribution in [1.82, 2.24) is 0 Å². The highest BCUT2D eigenvalue weighted by Crippen LogP contribution is 2.22. The van der Waals surface area contributed by atoms with E-state index in [1.807, 2.05) is 6.92 Å². The molecule has 0 amide bonds. The standard InChI is InChI=1S/C15H30O2/c1-5-14(16)17-13-11-9-7-6-8-10-12-15(2,3)4/h5-13H2,1-4H3. The van der Waals surface area contributed by atoms with Gasteiger partial charge in [-0.3, -0.25) is 4.79 Å². The summed E-state index contributed by atoms with van der Waals surface area (Å²) in [6.07, 6.45) is 9.29. The quantitative estimate of drug-likeness (QED) is 0.432. The van der Waals surface area contributed by atoms with Crippen LogP contribution in [-0.2, 0) is 9.53 Å². The molecule has 0 rings (SSSR count). The predicted octanol–water partition coefficient (Wildman–Crippen LogP) is 4.72. The highest BCUT2D eigenvalue weighted by molar-refractivity contribution is 5.68. The van der Waals surface area contributed by atoms with E-state index < -0.39 is 0 Å². The molecule has 0 aromatic heterocycles. The van der Waals surface area contributed by atoms with Crippen molar-refractivity contribution in [2.24, 2.45) is 5.41 Å². The number of rotatable bonds is 9. The van der Waals surface area contributed by atoms with Crippen LogP contribution in [0.3, 0.4) is 0 Å². The van der Waals surface area contributed by atoms with Crippen LogP contribution >= 0.6 is 0 Å². The second-order valence-electron chi connectivity index (χ2n) is 6.01. The van der Waals surface area contributed by atoms with Crippen molar-refractivity contribution >= 4 is 5.97 Å². The third-order valence-electron chi connectivity index (χ3n) is 2.87. The van der Waals surface area contributed by atoms with E-state index in [1.165, 1.54) is 38.5 Å². The summed E-state index contributed by atoms with van der Waals surface area (Å²) < 4.78 is 5.02. The first-order valence-electron chi connectivity index (χ1n) is 7.11. The summed E-state index contributed by atoms with van der Waals surface area (Å²) in [5, 5.41) is 0. The molecular weight excluding hydrogens is 212 g/mol. The minimum absolute atomic E-state index is 0.0739. The summed E-state index contributed by atoms with van der Waals surface area (Å²) in [4.78, 5) is 10.9. The number of hydrogen-bond donors (Lipinski definition) is 0. The largest absolute Gasteiger partial charge is 0.466 e. The molecule has 2 nitrogen and oxygen atoms in total. The normalized spacial score (nSPS) is 11.5. The molecule has 17 heavy (non-hydrogen) atoms. The first-order valence-corrected chi connectivity index (χ1v) is 7.11.